The SMILES string of the molecule is CC(CC(N)(Cc1ccccc1)C(F)(F)F)c1ccccc1. The average molecular weight is 307 g/mol. The van der Waals surface area contributed by atoms with Gasteiger partial charge in [0.05, 0.1) is 0 Å². The average Bonchev–Trinajstić information content (AvgIpc) is 2.48. The van der Waals surface area contributed by atoms with Crippen molar-refractivity contribution in [2.45, 2.75) is 37.4 Å². The number of nitrogens with two attached hydrogens (primary N) is 1. The van der Waals surface area contributed by atoms with E-state index in [0.717, 1.165) is 5.56 Å². The third kappa shape index (κ3) is 3.89. The van der Waals surface area contributed by atoms with Crippen LogP contribution in [-0.2, 0) is 6.42 Å². The molecule has 2 unspecified atom stereocenters. The van der Waals surface area contributed by atoms with Gasteiger partial charge in [0.25, 0.3) is 0 Å². The minimum atomic E-state index is -4.45. The fourth-order valence-corrected chi connectivity index (χ4v) is 2.69. The maximum Gasteiger partial charge on any atom is 0.406 e. The predicted octanol–water partition coefficient (Wildman–Crippen LogP) is 4.68. The normalized spacial score (nSPS) is 16.0. The van der Waals surface area contributed by atoms with Gasteiger partial charge < -0.3 is 5.73 Å². The van der Waals surface area contributed by atoms with Gasteiger partial charge in [-0.25, -0.2) is 0 Å². The number of alkyl halides is 3. The van der Waals surface area contributed by atoms with Crippen molar-refractivity contribution < 1.29 is 13.2 Å². The Morgan fingerprint density at radius 1 is 0.909 bits per heavy atom. The van der Waals surface area contributed by atoms with Gasteiger partial charge in [-0.15, -0.1) is 0 Å². The van der Waals surface area contributed by atoms with Crippen LogP contribution in [0.15, 0.2) is 60.7 Å². The summed E-state index contributed by atoms with van der Waals surface area (Å²) in [6, 6.07) is 17.8. The Hall–Kier alpha value is -1.81. The summed E-state index contributed by atoms with van der Waals surface area (Å²) in [7, 11) is 0. The molecule has 0 saturated heterocycles. The lowest BCUT2D eigenvalue weighted by Gasteiger charge is -2.34. The molecule has 2 N–H and O–H groups in total. The van der Waals surface area contributed by atoms with Crippen LogP contribution in [0.2, 0.25) is 0 Å². The van der Waals surface area contributed by atoms with E-state index in [0.29, 0.717) is 5.56 Å². The van der Waals surface area contributed by atoms with Crippen molar-refractivity contribution in [3.8, 4) is 0 Å². The third-order valence-electron chi connectivity index (χ3n) is 3.97. The van der Waals surface area contributed by atoms with Crippen LogP contribution in [0.4, 0.5) is 13.2 Å². The molecule has 0 amide bonds. The van der Waals surface area contributed by atoms with Crippen LogP contribution in [0.3, 0.4) is 0 Å². The number of halogens is 3. The third-order valence-corrected chi connectivity index (χ3v) is 3.97. The highest BCUT2D eigenvalue weighted by atomic mass is 19.4. The van der Waals surface area contributed by atoms with Gasteiger partial charge >= 0.3 is 6.18 Å². The first-order chi connectivity index (χ1) is 10.3. The highest BCUT2D eigenvalue weighted by Crippen LogP contribution is 2.38. The smallest absolute Gasteiger partial charge is 0.317 e. The lowest BCUT2D eigenvalue weighted by molar-refractivity contribution is -0.188. The van der Waals surface area contributed by atoms with E-state index in [1.165, 1.54) is 0 Å². The molecule has 2 rings (SSSR count). The molecule has 2 aromatic rings. The monoisotopic (exact) mass is 307 g/mol. The van der Waals surface area contributed by atoms with Crippen molar-refractivity contribution >= 4 is 0 Å². The minimum Gasteiger partial charge on any atom is -0.317 e. The van der Waals surface area contributed by atoms with Gasteiger partial charge in [0.15, 0.2) is 0 Å². The van der Waals surface area contributed by atoms with Crippen LogP contribution in [0.25, 0.3) is 0 Å². The van der Waals surface area contributed by atoms with E-state index >= 15 is 0 Å². The second-order valence-corrected chi connectivity index (χ2v) is 5.83. The standard InChI is InChI=1S/C18H20F3N/c1-14(16-10-6-3-7-11-16)12-17(22,18(19,20)21)13-15-8-4-2-5-9-15/h2-11,14H,12-13,22H2,1H3. The second kappa shape index (κ2) is 6.53. The summed E-state index contributed by atoms with van der Waals surface area (Å²) in [6.07, 6.45) is -4.81. The molecule has 0 aliphatic rings. The van der Waals surface area contributed by atoms with Crippen LogP contribution in [0, 0.1) is 0 Å². The van der Waals surface area contributed by atoms with Gasteiger partial charge in [-0.05, 0) is 29.9 Å². The fraction of sp³-hybridized carbons (Fsp3) is 0.333. The Kier molecular flexibility index (Phi) is 4.91. The van der Waals surface area contributed by atoms with Crippen LogP contribution in [-0.4, -0.2) is 11.7 Å². The van der Waals surface area contributed by atoms with Crippen molar-refractivity contribution in [1.29, 1.82) is 0 Å². The molecule has 1 nitrogen and oxygen atoms in total. The van der Waals surface area contributed by atoms with E-state index in [4.69, 9.17) is 5.73 Å². The fourth-order valence-electron chi connectivity index (χ4n) is 2.69. The van der Waals surface area contributed by atoms with Gasteiger partial charge in [0.1, 0.15) is 5.54 Å². The summed E-state index contributed by atoms with van der Waals surface area (Å²) in [4.78, 5) is 0. The first-order valence-electron chi connectivity index (χ1n) is 7.26. The van der Waals surface area contributed by atoms with E-state index in [2.05, 4.69) is 0 Å². The Morgan fingerprint density at radius 3 is 1.91 bits per heavy atom. The van der Waals surface area contributed by atoms with Crippen LogP contribution < -0.4 is 5.73 Å². The van der Waals surface area contributed by atoms with Crippen molar-refractivity contribution in [3.63, 3.8) is 0 Å². The van der Waals surface area contributed by atoms with E-state index in [-0.39, 0.29) is 18.8 Å². The van der Waals surface area contributed by atoms with Gasteiger partial charge in [0.2, 0.25) is 0 Å². The van der Waals surface area contributed by atoms with Crippen molar-refractivity contribution in [2.75, 3.05) is 0 Å². The maximum absolute atomic E-state index is 13.5. The summed E-state index contributed by atoms with van der Waals surface area (Å²) in [5.41, 5.74) is 5.06. The van der Waals surface area contributed by atoms with Crippen LogP contribution in [0.5, 0.6) is 0 Å². The molecule has 0 aliphatic carbocycles. The van der Waals surface area contributed by atoms with E-state index < -0.39 is 11.7 Å². The van der Waals surface area contributed by atoms with Gasteiger partial charge in [-0.1, -0.05) is 67.6 Å². The molecular weight excluding hydrogens is 287 g/mol. The van der Waals surface area contributed by atoms with Crippen molar-refractivity contribution in [1.82, 2.24) is 0 Å². The molecule has 2 aromatic carbocycles. The first-order valence-corrected chi connectivity index (χ1v) is 7.26. The number of hydrogen-bond donors (Lipinski definition) is 1. The molecule has 0 saturated carbocycles. The molecular formula is C18H20F3N. The summed E-state index contributed by atoms with van der Waals surface area (Å²) in [6.45, 7) is 1.79. The van der Waals surface area contributed by atoms with Gasteiger partial charge in [-0.3, -0.25) is 0 Å². The zero-order valence-electron chi connectivity index (χ0n) is 12.5. The quantitative estimate of drug-likeness (QED) is 0.852. The number of hydrogen-bond acceptors (Lipinski definition) is 1. The molecule has 0 aromatic heterocycles. The molecule has 4 heteroatoms. The number of rotatable bonds is 5. The lowest BCUT2D eigenvalue weighted by atomic mass is 9.80. The van der Waals surface area contributed by atoms with E-state index in [1.54, 1.807) is 37.3 Å². The summed E-state index contributed by atoms with van der Waals surface area (Å²) >= 11 is 0. The Bertz CT molecular complexity index is 580. The maximum atomic E-state index is 13.5. The van der Waals surface area contributed by atoms with Gasteiger partial charge in [-0.2, -0.15) is 13.2 Å². The zero-order chi connectivity index (χ0) is 16.2. The van der Waals surface area contributed by atoms with E-state index in [9.17, 15) is 13.2 Å². The largest absolute Gasteiger partial charge is 0.406 e. The van der Waals surface area contributed by atoms with Crippen molar-refractivity contribution in [2.24, 2.45) is 5.73 Å². The highest BCUT2D eigenvalue weighted by molar-refractivity contribution is 5.23. The Balaban J connectivity index is 2.23. The lowest BCUT2D eigenvalue weighted by Crippen LogP contribution is -2.55. The summed E-state index contributed by atoms with van der Waals surface area (Å²) in [5, 5.41) is 0. The highest BCUT2D eigenvalue weighted by Gasteiger charge is 2.52. The Labute approximate surface area is 129 Å². The second-order valence-electron chi connectivity index (χ2n) is 5.83. The van der Waals surface area contributed by atoms with Crippen LogP contribution >= 0.6 is 0 Å². The van der Waals surface area contributed by atoms with Crippen molar-refractivity contribution in [3.05, 3.63) is 71.8 Å². The zero-order valence-corrected chi connectivity index (χ0v) is 12.5. The number of benzene rings is 2. The summed E-state index contributed by atoms with van der Waals surface area (Å²) in [5.74, 6) is -0.267. The van der Waals surface area contributed by atoms with E-state index in [1.807, 2.05) is 30.3 Å². The summed E-state index contributed by atoms with van der Waals surface area (Å²) < 4.78 is 40.6. The molecule has 0 spiro atoms. The molecule has 0 heterocycles. The molecule has 0 radical (unpaired) electrons. The topological polar surface area (TPSA) is 26.0 Å². The molecule has 0 fully saturated rings. The molecule has 0 aliphatic heterocycles. The Morgan fingerprint density at radius 2 is 1.41 bits per heavy atom. The molecule has 22 heavy (non-hydrogen) atoms. The van der Waals surface area contributed by atoms with Crippen LogP contribution in [0.1, 0.15) is 30.4 Å². The molecule has 0 bridgehead atoms. The first kappa shape index (κ1) is 16.6. The molecule has 118 valence electrons. The predicted molar refractivity (Wildman–Crippen MR) is 82.6 cm³/mol. The van der Waals surface area contributed by atoms with Gasteiger partial charge in [0, 0.05) is 0 Å². The minimum absolute atomic E-state index is 0.143. The molecule has 2 atom stereocenters.